The first-order valence-corrected chi connectivity index (χ1v) is 7.68. The van der Waals surface area contributed by atoms with Gasteiger partial charge in [0.25, 0.3) is 0 Å². The molecular formula is C18H18N4O. The highest BCUT2D eigenvalue weighted by Gasteiger charge is 2.56. The Kier molecular flexibility index (Phi) is 3.16. The third kappa shape index (κ3) is 2.39. The summed E-state index contributed by atoms with van der Waals surface area (Å²) in [5, 5.41) is 12.6. The maximum atomic E-state index is 8.12. The van der Waals surface area contributed by atoms with Gasteiger partial charge in [-0.1, -0.05) is 42.5 Å². The highest BCUT2D eigenvalue weighted by Crippen LogP contribution is 2.60. The SMILES string of the molecule is N=c1ccc(Oc2ccccc2)nn1C(N)C12C=CC=CC1C2. The summed E-state index contributed by atoms with van der Waals surface area (Å²) in [6, 6.07) is 12.8. The predicted octanol–water partition coefficient (Wildman–Crippen LogP) is 2.74. The number of aromatic nitrogens is 2. The lowest BCUT2D eigenvalue weighted by molar-refractivity contribution is 0.302. The molecule has 0 radical (unpaired) electrons. The van der Waals surface area contributed by atoms with E-state index < -0.39 is 0 Å². The fourth-order valence-electron chi connectivity index (χ4n) is 3.16. The quantitative estimate of drug-likeness (QED) is 0.912. The predicted molar refractivity (Wildman–Crippen MR) is 86.6 cm³/mol. The van der Waals surface area contributed by atoms with E-state index in [2.05, 4.69) is 23.3 Å². The Morgan fingerprint density at radius 2 is 2.04 bits per heavy atom. The average Bonchev–Trinajstić information content (AvgIpc) is 3.33. The molecule has 1 aromatic heterocycles. The van der Waals surface area contributed by atoms with E-state index in [-0.39, 0.29) is 17.1 Å². The molecule has 1 heterocycles. The van der Waals surface area contributed by atoms with Gasteiger partial charge in [-0.15, -0.1) is 5.10 Å². The number of benzene rings is 1. The van der Waals surface area contributed by atoms with Crippen molar-refractivity contribution in [2.75, 3.05) is 0 Å². The van der Waals surface area contributed by atoms with Crippen LogP contribution < -0.4 is 16.0 Å². The molecule has 0 spiro atoms. The number of para-hydroxylation sites is 1. The Hall–Kier alpha value is -2.66. The van der Waals surface area contributed by atoms with Crippen LogP contribution in [0.5, 0.6) is 11.6 Å². The van der Waals surface area contributed by atoms with E-state index in [1.807, 2.05) is 36.4 Å². The van der Waals surface area contributed by atoms with Crippen molar-refractivity contribution in [1.29, 1.82) is 5.41 Å². The molecule has 1 aromatic carbocycles. The fourth-order valence-corrected chi connectivity index (χ4v) is 3.16. The molecule has 3 N–H and O–H groups in total. The van der Waals surface area contributed by atoms with Crippen LogP contribution in [-0.2, 0) is 0 Å². The third-order valence-electron chi connectivity index (χ3n) is 4.58. The first-order chi connectivity index (χ1) is 11.2. The van der Waals surface area contributed by atoms with Crippen molar-refractivity contribution in [3.63, 3.8) is 0 Å². The Morgan fingerprint density at radius 3 is 2.83 bits per heavy atom. The van der Waals surface area contributed by atoms with Gasteiger partial charge in [-0.3, -0.25) is 5.41 Å². The summed E-state index contributed by atoms with van der Waals surface area (Å²) in [7, 11) is 0. The largest absolute Gasteiger partial charge is 0.438 e. The molecular weight excluding hydrogens is 288 g/mol. The zero-order chi connectivity index (χ0) is 15.9. The molecule has 0 bridgehead atoms. The number of nitrogens with zero attached hydrogens (tertiary/aromatic N) is 2. The number of allylic oxidation sites excluding steroid dienone is 3. The van der Waals surface area contributed by atoms with Crippen molar-refractivity contribution in [2.24, 2.45) is 17.1 Å². The van der Waals surface area contributed by atoms with Crippen molar-refractivity contribution in [2.45, 2.75) is 12.6 Å². The zero-order valence-electron chi connectivity index (χ0n) is 12.6. The van der Waals surface area contributed by atoms with Crippen LogP contribution in [0.4, 0.5) is 0 Å². The van der Waals surface area contributed by atoms with E-state index in [1.54, 1.807) is 16.8 Å². The third-order valence-corrected chi connectivity index (χ3v) is 4.58. The number of fused-ring (bicyclic) bond motifs is 1. The molecule has 1 saturated carbocycles. The molecule has 5 nitrogen and oxygen atoms in total. The topological polar surface area (TPSA) is 76.9 Å². The van der Waals surface area contributed by atoms with Gasteiger partial charge < -0.3 is 10.5 Å². The second kappa shape index (κ2) is 5.21. The number of nitrogens with two attached hydrogens (primary N) is 1. The number of rotatable bonds is 4. The monoisotopic (exact) mass is 306 g/mol. The van der Waals surface area contributed by atoms with Gasteiger partial charge in [0.15, 0.2) is 0 Å². The number of hydrogen-bond donors (Lipinski definition) is 2. The molecule has 23 heavy (non-hydrogen) atoms. The first kappa shape index (κ1) is 14.0. The summed E-state index contributed by atoms with van der Waals surface area (Å²) in [5.41, 5.74) is 6.61. The van der Waals surface area contributed by atoms with Gasteiger partial charge in [-0.05, 0) is 30.5 Å². The highest BCUT2D eigenvalue weighted by molar-refractivity contribution is 5.31. The molecule has 1 fully saturated rings. The van der Waals surface area contributed by atoms with E-state index in [0.717, 1.165) is 6.42 Å². The Morgan fingerprint density at radius 1 is 1.22 bits per heavy atom. The lowest BCUT2D eigenvalue weighted by Crippen LogP contribution is -2.38. The van der Waals surface area contributed by atoms with Crippen LogP contribution in [-0.4, -0.2) is 9.78 Å². The van der Waals surface area contributed by atoms with E-state index in [4.69, 9.17) is 15.9 Å². The van der Waals surface area contributed by atoms with Crippen LogP contribution in [0.15, 0.2) is 66.8 Å². The number of ether oxygens (including phenoxy) is 1. The maximum Gasteiger partial charge on any atom is 0.236 e. The first-order valence-electron chi connectivity index (χ1n) is 7.68. The minimum atomic E-state index is -0.375. The molecule has 0 amide bonds. The molecule has 5 heteroatoms. The Bertz CT molecular complexity index is 840. The number of nitrogens with one attached hydrogen (secondary N) is 1. The zero-order valence-corrected chi connectivity index (χ0v) is 12.6. The van der Waals surface area contributed by atoms with E-state index in [0.29, 0.717) is 17.5 Å². The van der Waals surface area contributed by atoms with Gasteiger partial charge in [0.2, 0.25) is 5.88 Å². The summed E-state index contributed by atoms with van der Waals surface area (Å²) in [6.07, 6.45) is 9.02. The van der Waals surface area contributed by atoms with Crippen molar-refractivity contribution < 1.29 is 4.74 Å². The van der Waals surface area contributed by atoms with Crippen molar-refractivity contribution in [1.82, 2.24) is 9.78 Å². The van der Waals surface area contributed by atoms with E-state index in [9.17, 15) is 0 Å². The maximum absolute atomic E-state index is 8.12. The summed E-state index contributed by atoms with van der Waals surface area (Å²) in [4.78, 5) is 0. The van der Waals surface area contributed by atoms with Gasteiger partial charge in [-0.2, -0.15) is 0 Å². The Labute approximate surface area is 134 Å². The summed E-state index contributed by atoms with van der Waals surface area (Å²) in [6.45, 7) is 0. The fraction of sp³-hybridized carbons (Fsp3) is 0.222. The smallest absolute Gasteiger partial charge is 0.236 e. The second-order valence-corrected chi connectivity index (χ2v) is 6.03. The van der Waals surface area contributed by atoms with Crippen molar-refractivity contribution in [3.8, 4) is 11.6 Å². The van der Waals surface area contributed by atoms with Crippen molar-refractivity contribution in [3.05, 3.63) is 72.3 Å². The summed E-state index contributed by atoms with van der Waals surface area (Å²) < 4.78 is 7.31. The Balaban J connectivity index is 1.64. The summed E-state index contributed by atoms with van der Waals surface area (Å²) >= 11 is 0. The van der Waals surface area contributed by atoms with Crippen molar-refractivity contribution >= 4 is 0 Å². The van der Waals surface area contributed by atoms with Gasteiger partial charge in [-0.25, -0.2) is 4.68 Å². The van der Waals surface area contributed by atoms with Gasteiger partial charge in [0.1, 0.15) is 17.4 Å². The van der Waals surface area contributed by atoms with Gasteiger partial charge in [0.05, 0.1) is 0 Å². The molecule has 116 valence electrons. The normalized spacial score (nSPS) is 25.7. The molecule has 3 atom stereocenters. The molecule has 2 aromatic rings. The van der Waals surface area contributed by atoms with Crippen LogP contribution in [0.3, 0.4) is 0 Å². The van der Waals surface area contributed by atoms with Gasteiger partial charge in [0, 0.05) is 11.5 Å². The molecule has 2 aliphatic carbocycles. The molecule has 3 unspecified atom stereocenters. The second-order valence-electron chi connectivity index (χ2n) is 6.03. The van der Waals surface area contributed by atoms with Crippen LogP contribution in [0.2, 0.25) is 0 Å². The molecule has 0 aliphatic heterocycles. The van der Waals surface area contributed by atoms with E-state index >= 15 is 0 Å². The van der Waals surface area contributed by atoms with Gasteiger partial charge >= 0.3 is 0 Å². The lowest BCUT2D eigenvalue weighted by atomic mass is 9.96. The summed E-state index contributed by atoms with van der Waals surface area (Å²) in [5.74, 6) is 1.59. The number of hydrogen-bond acceptors (Lipinski definition) is 4. The molecule has 2 aliphatic rings. The molecule has 4 rings (SSSR count). The average molecular weight is 306 g/mol. The van der Waals surface area contributed by atoms with Crippen LogP contribution >= 0.6 is 0 Å². The van der Waals surface area contributed by atoms with Crippen LogP contribution in [0.25, 0.3) is 0 Å². The standard InChI is InChI=1S/C18H18N4O/c19-15-9-10-16(23-14-7-2-1-3-8-14)21-22(15)17(20)18-11-5-4-6-13(18)12-18/h1-11,13,17,19H,12,20H2. The van der Waals surface area contributed by atoms with Crippen LogP contribution in [0.1, 0.15) is 12.6 Å². The van der Waals surface area contributed by atoms with Crippen LogP contribution in [0, 0.1) is 16.7 Å². The highest BCUT2D eigenvalue weighted by atomic mass is 16.5. The van der Waals surface area contributed by atoms with E-state index in [1.165, 1.54) is 0 Å². The lowest BCUT2D eigenvalue weighted by Gasteiger charge is -2.24. The minimum Gasteiger partial charge on any atom is -0.438 e. The minimum absolute atomic E-state index is 0.117. The molecule has 0 saturated heterocycles.